The van der Waals surface area contributed by atoms with Gasteiger partial charge in [0.25, 0.3) is 0 Å². The Morgan fingerprint density at radius 2 is 2.14 bits per heavy atom. The summed E-state index contributed by atoms with van der Waals surface area (Å²) in [6, 6.07) is 8.73. The molecule has 1 aromatic carbocycles. The summed E-state index contributed by atoms with van der Waals surface area (Å²) in [5, 5.41) is 9.88. The molecule has 7 heteroatoms. The van der Waals surface area contributed by atoms with Gasteiger partial charge >= 0.3 is 5.97 Å². The maximum atomic E-state index is 13.7. The van der Waals surface area contributed by atoms with Gasteiger partial charge in [-0.15, -0.1) is 6.58 Å². The molecule has 0 saturated heterocycles. The Labute approximate surface area is 163 Å². The van der Waals surface area contributed by atoms with Crippen molar-refractivity contribution in [2.45, 2.75) is 32.3 Å². The van der Waals surface area contributed by atoms with Gasteiger partial charge in [-0.3, -0.25) is 4.79 Å². The third-order valence-corrected chi connectivity index (χ3v) is 4.81. The van der Waals surface area contributed by atoms with Gasteiger partial charge < -0.3 is 20.1 Å². The summed E-state index contributed by atoms with van der Waals surface area (Å²) >= 11 is 0. The number of hydrogen-bond donors (Lipinski definition) is 1. The van der Waals surface area contributed by atoms with Crippen LogP contribution in [0.2, 0.25) is 0 Å². The fourth-order valence-electron chi connectivity index (χ4n) is 3.77. The van der Waals surface area contributed by atoms with Crippen LogP contribution < -0.4 is 10.5 Å². The van der Waals surface area contributed by atoms with Crippen LogP contribution in [0.15, 0.2) is 59.6 Å². The first-order valence-electron chi connectivity index (χ1n) is 8.83. The van der Waals surface area contributed by atoms with E-state index in [9.17, 15) is 14.9 Å². The number of nitrogens with two attached hydrogens (primary N) is 1. The smallest absolute Gasteiger partial charge is 0.337 e. The highest BCUT2D eigenvalue weighted by molar-refractivity contribution is 6.12. The average molecular weight is 379 g/mol. The highest BCUT2D eigenvalue weighted by Gasteiger charge is 2.62. The zero-order valence-corrected chi connectivity index (χ0v) is 16.0. The minimum atomic E-state index is -1.72. The van der Waals surface area contributed by atoms with Crippen molar-refractivity contribution in [2.75, 3.05) is 6.54 Å². The summed E-state index contributed by atoms with van der Waals surface area (Å²) in [7, 11) is 0. The van der Waals surface area contributed by atoms with E-state index >= 15 is 0 Å². The molecule has 1 atom stereocenters. The molecule has 3 rings (SSSR count). The zero-order valence-electron chi connectivity index (χ0n) is 16.0. The van der Waals surface area contributed by atoms with E-state index < -0.39 is 23.4 Å². The normalized spacial score (nSPS) is 21.0. The second-order valence-corrected chi connectivity index (χ2v) is 6.82. The highest BCUT2D eigenvalue weighted by atomic mass is 16.5. The number of benzene rings is 1. The molecule has 0 bridgehead atoms. The number of carbonyl (C=O) groups excluding carboxylic acids is 2. The van der Waals surface area contributed by atoms with Crippen molar-refractivity contribution < 1.29 is 19.1 Å². The summed E-state index contributed by atoms with van der Waals surface area (Å²) in [4.78, 5) is 28.2. The number of nitriles is 1. The molecular weight excluding hydrogens is 358 g/mol. The van der Waals surface area contributed by atoms with Crippen molar-refractivity contribution in [3.8, 4) is 11.8 Å². The number of nitrogens with zero attached hydrogens (tertiary/aromatic N) is 2. The molecule has 144 valence electrons. The van der Waals surface area contributed by atoms with Crippen LogP contribution in [0.3, 0.4) is 0 Å². The lowest BCUT2D eigenvalue weighted by Gasteiger charge is -2.35. The number of para-hydroxylation sites is 1. The van der Waals surface area contributed by atoms with Crippen LogP contribution in [0.1, 0.15) is 26.3 Å². The van der Waals surface area contributed by atoms with Crippen molar-refractivity contribution in [2.24, 2.45) is 5.73 Å². The highest BCUT2D eigenvalue weighted by Crippen LogP contribution is 2.53. The van der Waals surface area contributed by atoms with E-state index in [1.165, 1.54) is 4.90 Å². The van der Waals surface area contributed by atoms with E-state index in [1.54, 1.807) is 51.1 Å². The Kier molecular flexibility index (Phi) is 4.73. The standard InChI is InChI=1S/C21H21N3O4/c1-5-10-24-13(4)17(19(25)27-12(2)3)21(20(24)26)14-8-6-7-9-16(14)28-18(23)15(21)11-22/h5-9,12H,1,10,23H2,2-4H3/t21-/m1/s1. The summed E-state index contributed by atoms with van der Waals surface area (Å²) in [5.41, 5.74) is 5.03. The minimum absolute atomic E-state index is 0.0725. The van der Waals surface area contributed by atoms with Gasteiger partial charge in [0, 0.05) is 17.8 Å². The van der Waals surface area contributed by atoms with Crippen molar-refractivity contribution in [3.05, 3.63) is 65.2 Å². The number of hydrogen-bond acceptors (Lipinski definition) is 6. The Morgan fingerprint density at radius 1 is 1.46 bits per heavy atom. The maximum Gasteiger partial charge on any atom is 0.337 e. The molecule has 0 aromatic heterocycles. The molecule has 0 aliphatic carbocycles. The first-order chi connectivity index (χ1) is 13.3. The molecule has 0 saturated carbocycles. The fraction of sp³-hybridized carbons (Fsp3) is 0.286. The average Bonchev–Trinajstić information content (AvgIpc) is 2.84. The molecule has 2 heterocycles. The number of ether oxygens (including phenoxy) is 2. The Hall–Kier alpha value is -3.53. The number of fused-ring (bicyclic) bond motifs is 2. The number of esters is 1. The number of amides is 1. The summed E-state index contributed by atoms with van der Waals surface area (Å²) < 4.78 is 11.0. The third-order valence-electron chi connectivity index (χ3n) is 4.81. The van der Waals surface area contributed by atoms with Crippen molar-refractivity contribution >= 4 is 11.9 Å². The van der Waals surface area contributed by atoms with E-state index in [4.69, 9.17) is 15.2 Å². The Balaban J connectivity index is 2.41. The van der Waals surface area contributed by atoms with Gasteiger partial charge in [0.05, 0.1) is 11.7 Å². The zero-order chi connectivity index (χ0) is 20.6. The van der Waals surface area contributed by atoms with E-state index in [-0.39, 0.29) is 23.6 Å². The lowest BCUT2D eigenvalue weighted by molar-refractivity contribution is -0.144. The van der Waals surface area contributed by atoms with Crippen LogP contribution in [0.4, 0.5) is 0 Å². The molecule has 2 N–H and O–H groups in total. The molecule has 1 amide bonds. The molecule has 1 aromatic rings. The van der Waals surface area contributed by atoms with Crippen molar-refractivity contribution in [1.29, 1.82) is 5.26 Å². The number of allylic oxidation sites excluding steroid dienone is 1. The van der Waals surface area contributed by atoms with E-state index in [0.29, 0.717) is 17.0 Å². The molecule has 1 spiro atoms. The SMILES string of the molecule is C=CCN1C(=O)[C@]2(C(C#N)=C(N)Oc3ccccc32)C(C(=O)OC(C)C)=C1C. The first kappa shape index (κ1) is 19.2. The first-order valence-corrected chi connectivity index (χ1v) is 8.83. The lowest BCUT2D eigenvalue weighted by Crippen LogP contribution is -2.47. The summed E-state index contributed by atoms with van der Waals surface area (Å²) in [6.07, 6.45) is 1.14. The minimum Gasteiger partial charge on any atom is -0.460 e. The Morgan fingerprint density at radius 3 is 2.75 bits per heavy atom. The van der Waals surface area contributed by atoms with Gasteiger partial charge in [0.15, 0.2) is 5.41 Å². The van der Waals surface area contributed by atoms with Gasteiger partial charge in [-0.25, -0.2) is 4.79 Å². The topological polar surface area (TPSA) is 106 Å². The summed E-state index contributed by atoms with van der Waals surface area (Å²) in [6.45, 7) is 8.94. The van der Waals surface area contributed by atoms with Gasteiger partial charge in [-0.05, 0) is 26.8 Å². The predicted molar refractivity (Wildman–Crippen MR) is 101 cm³/mol. The second kappa shape index (κ2) is 6.89. The van der Waals surface area contributed by atoms with Crippen LogP contribution in [0, 0.1) is 11.3 Å². The van der Waals surface area contributed by atoms with Crippen LogP contribution in [0.5, 0.6) is 5.75 Å². The Bertz CT molecular complexity index is 984. The van der Waals surface area contributed by atoms with Crippen LogP contribution in [0.25, 0.3) is 0 Å². The molecule has 2 aliphatic heterocycles. The second-order valence-electron chi connectivity index (χ2n) is 6.82. The van der Waals surface area contributed by atoms with E-state index in [0.717, 1.165) is 0 Å². The summed E-state index contributed by atoms with van der Waals surface area (Å²) in [5.74, 6) is -1.03. The van der Waals surface area contributed by atoms with Crippen LogP contribution in [-0.2, 0) is 19.7 Å². The van der Waals surface area contributed by atoms with Gasteiger partial charge in [0.2, 0.25) is 11.8 Å². The fourth-order valence-corrected chi connectivity index (χ4v) is 3.77. The number of rotatable bonds is 4. The molecule has 7 nitrogen and oxygen atoms in total. The molecule has 0 unspecified atom stereocenters. The molecule has 0 fully saturated rings. The largest absolute Gasteiger partial charge is 0.460 e. The van der Waals surface area contributed by atoms with Crippen LogP contribution in [-0.4, -0.2) is 29.4 Å². The molecular formula is C21H21N3O4. The predicted octanol–water partition coefficient (Wildman–Crippen LogP) is 2.26. The third kappa shape index (κ3) is 2.49. The maximum absolute atomic E-state index is 13.7. The molecule has 0 radical (unpaired) electrons. The van der Waals surface area contributed by atoms with E-state index in [2.05, 4.69) is 6.58 Å². The monoisotopic (exact) mass is 379 g/mol. The van der Waals surface area contributed by atoms with Gasteiger partial charge in [-0.1, -0.05) is 24.3 Å². The van der Waals surface area contributed by atoms with Crippen molar-refractivity contribution in [3.63, 3.8) is 0 Å². The van der Waals surface area contributed by atoms with Gasteiger partial charge in [-0.2, -0.15) is 5.26 Å². The van der Waals surface area contributed by atoms with Crippen molar-refractivity contribution in [1.82, 2.24) is 4.90 Å². The molecule has 2 aliphatic rings. The quantitative estimate of drug-likeness (QED) is 0.635. The van der Waals surface area contributed by atoms with Crippen LogP contribution >= 0.6 is 0 Å². The van der Waals surface area contributed by atoms with Gasteiger partial charge in [0.1, 0.15) is 17.4 Å². The molecule has 28 heavy (non-hydrogen) atoms. The van der Waals surface area contributed by atoms with E-state index in [1.807, 2.05) is 6.07 Å². The lowest BCUT2D eigenvalue weighted by atomic mass is 9.68. The number of carbonyl (C=O) groups is 2.